The molecule has 3 rings (SSSR count). The number of benzene rings is 1. The maximum atomic E-state index is 12.5. The number of rotatable bonds is 4. The zero-order valence-electron chi connectivity index (χ0n) is 14.3. The van der Waals surface area contributed by atoms with E-state index in [9.17, 15) is 14.4 Å². The molecule has 0 spiro atoms. The van der Waals surface area contributed by atoms with Gasteiger partial charge < -0.3 is 13.6 Å². The molecule has 2 heterocycles. The molecule has 0 atom stereocenters. The van der Waals surface area contributed by atoms with Crippen molar-refractivity contribution in [2.75, 3.05) is 6.61 Å². The summed E-state index contributed by atoms with van der Waals surface area (Å²) in [5.74, 6) is -1.11. The van der Waals surface area contributed by atoms with Crippen molar-refractivity contribution in [1.29, 1.82) is 5.26 Å². The molecule has 0 unspecified atom stereocenters. The third kappa shape index (κ3) is 2.86. The minimum atomic E-state index is -0.749. The fourth-order valence-corrected chi connectivity index (χ4v) is 2.81. The summed E-state index contributed by atoms with van der Waals surface area (Å²) in [6, 6.07) is 5.31. The first-order valence-corrected chi connectivity index (χ1v) is 8.15. The van der Waals surface area contributed by atoms with Gasteiger partial charge in [-0.2, -0.15) is 5.26 Å². The largest absolute Gasteiger partial charge is 0.460 e. The fourth-order valence-electron chi connectivity index (χ4n) is 2.81. The first kappa shape index (κ1) is 17.4. The SMILES string of the molecule is CCCc1c2oc(C#N)cc(=O)c2cc2c(=O)cc(C(=O)OCC)oc12. The lowest BCUT2D eigenvalue weighted by molar-refractivity contribution is 0.0490. The van der Waals surface area contributed by atoms with E-state index in [2.05, 4.69) is 0 Å². The monoisotopic (exact) mass is 353 g/mol. The van der Waals surface area contributed by atoms with E-state index in [1.165, 1.54) is 6.07 Å². The van der Waals surface area contributed by atoms with Crippen molar-refractivity contribution in [1.82, 2.24) is 0 Å². The number of aryl methyl sites for hydroxylation is 1. The highest BCUT2D eigenvalue weighted by atomic mass is 16.5. The van der Waals surface area contributed by atoms with E-state index in [-0.39, 0.29) is 40.1 Å². The molecule has 0 radical (unpaired) electrons. The van der Waals surface area contributed by atoms with Gasteiger partial charge in [-0.25, -0.2) is 4.79 Å². The number of nitriles is 1. The van der Waals surface area contributed by atoms with Gasteiger partial charge >= 0.3 is 5.97 Å². The molecule has 0 bridgehead atoms. The van der Waals surface area contributed by atoms with Crippen molar-refractivity contribution >= 4 is 27.9 Å². The normalized spacial score (nSPS) is 10.8. The minimum absolute atomic E-state index is 0.136. The minimum Gasteiger partial charge on any atom is -0.460 e. The van der Waals surface area contributed by atoms with Crippen molar-refractivity contribution in [2.24, 2.45) is 0 Å². The van der Waals surface area contributed by atoms with Gasteiger partial charge in [0.05, 0.1) is 17.4 Å². The highest BCUT2D eigenvalue weighted by Crippen LogP contribution is 2.28. The third-order valence-corrected chi connectivity index (χ3v) is 3.89. The summed E-state index contributed by atoms with van der Waals surface area (Å²) in [5.41, 5.74) is -0.0635. The van der Waals surface area contributed by atoms with Crippen LogP contribution in [0.2, 0.25) is 0 Å². The number of carbonyl (C=O) groups is 1. The lowest BCUT2D eigenvalue weighted by Crippen LogP contribution is -2.12. The van der Waals surface area contributed by atoms with Crippen molar-refractivity contribution < 1.29 is 18.4 Å². The number of ether oxygens (including phenoxy) is 1. The highest BCUT2D eigenvalue weighted by Gasteiger charge is 2.20. The molecular weight excluding hydrogens is 338 g/mol. The molecule has 0 amide bonds. The molecule has 1 aromatic carbocycles. The molecule has 0 aliphatic heterocycles. The van der Waals surface area contributed by atoms with E-state index in [0.29, 0.717) is 18.4 Å². The van der Waals surface area contributed by atoms with Crippen molar-refractivity contribution in [3.05, 3.63) is 55.7 Å². The maximum Gasteiger partial charge on any atom is 0.374 e. The van der Waals surface area contributed by atoms with Gasteiger partial charge in [-0.3, -0.25) is 9.59 Å². The summed E-state index contributed by atoms with van der Waals surface area (Å²) >= 11 is 0. The third-order valence-electron chi connectivity index (χ3n) is 3.89. The van der Waals surface area contributed by atoms with Crippen molar-refractivity contribution in [3.8, 4) is 6.07 Å². The van der Waals surface area contributed by atoms with Crippen LogP contribution in [0.15, 0.2) is 36.6 Å². The van der Waals surface area contributed by atoms with E-state index < -0.39 is 16.8 Å². The molecule has 3 aromatic rings. The van der Waals surface area contributed by atoms with Crippen LogP contribution >= 0.6 is 0 Å². The van der Waals surface area contributed by atoms with E-state index in [1.807, 2.05) is 6.92 Å². The first-order valence-electron chi connectivity index (χ1n) is 8.15. The molecule has 0 aliphatic rings. The van der Waals surface area contributed by atoms with Crippen LogP contribution in [0.1, 0.15) is 42.1 Å². The Morgan fingerprint density at radius 1 is 1.08 bits per heavy atom. The quantitative estimate of drug-likeness (QED) is 0.524. The smallest absolute Gasteiger partial charge is 0.374 e. The predicted octanol–water partition coefficient (Wildman–Crippen LogP) is 2.90. The van der Waals surface area contributed by atoms with Gasteiger partial charge in [0.15, 0.2) is 10.9 Å². The summed E-state index contributed by atoms with van der Waals surface area (Å²) in [4.78, 5) is 36.8. The Hall–Kier alpha value is -3.40. The molecule has 7 nitrogen and oxygen atoms in total. The number of hydrogen-bond donors (Lipinski definition) is 0. The lowest BCUT2D eigenvalue weighted by atomic mass is 10.0. The van der Waals surface area contributed by atoms with E-state index in [4.69, 9.17) is 18.8 Å². The Morgan fingerprint density at radius 3 is 2.35 bits per heavy atom. The average molecular weight is 353 g/mol. The number of fused-ring (bicyclic) bond motifs is 2. The molecule has 0 saturated carbocycles. The average Bonchev–Trinajstić information content (AvgIpc) is 2.62. The van der Waals surface area contributed by atoms with Gasteiger partial charge in [0.2, 0.25) is 11.5 Å². The van der Waals surface area contributed by atoms with Crippen molar-refractivity contribution in [2.45, 2.75) is 26.7 Å². The van der Waals surface area contributed by atoms with Crippen LogP contribution in [0.4, 0.5) is 0 Å². The number of nitrogens with zero attached hydrogens (tertiary/aromatic N) is 1. The second-order valence-electron chi connectivity index (χ2n) is 5.64. The zero-order valence-corrected chi connectivity index (χ0v) is 14.3. The Bertz CT molecular complexity index is 1180. The molecule has 0 N–H and O–H groups in total. The van der Waals surface area contributed by atoms with Crippen LogP contribution in [0.25, 0.3) is 21.9 Å². The predicted molar refractivity (Wildman–Crippen MR) is 93.2 cm³/mol. The summed E-state index contributed by atoms with van der Waals surface area (Å²) in [7, 11) is 0. The summed E-state index contributed by atoms with van der Waals surface area (Å²) < 4.78 is 16.1. The number of carbonyl (C=O) groups excluding carboxylic acids is 1. The standard InChI is InChI=1S/C19H15NO6/c1-3-5-11-17-12(14(21)6-10(9-20)25-17)7-13-15(22)8-16(26-18(11)13)19(23)24-4-2/h6-8H,3-5H2,1-2H3. The number of esters is 1. The molecule has 0 fully saturated rings. The Morgan fingerprint density at radius 2 is 1.73 bits per heavy atom. The van der Waals surface area contributed by atoms with Crippen LogP contribution in [-0.2, 0) is 11.2 Å². The maximum absolute atomic E-state index is 12.5. The van der Waals surface area contributed by atoms with Crippen molar-refractivity contribution in [3.63, 3.8) is 0 Å². The lowest BCUT2D eigenvalue weighted by Gasteiger charge is -2.09. The molecule has 0 aliphatic carbocycles. The van der Waals surface area contributed by atoms with Crippen LogP contribution < -0.4 is 10.9 Å². The van der Waals surface area contributed by atoms with E-state index >= 15 is 0 Å². The van der Waals surface area contributed by atoms with Gasteiger partial charge in [-0.05, 0) is 19.4 Å². The second kappa shape index (κ2) is 6.84. The fraction of sp³-hybridized carbons (Fsp3) is 0.263. The van der Waals surface area contributed by atoms with Gasteiger partial charge in [0, 0.05) is 17.7 Å². The summed E-state index contributed by atoms with van der Waals surface area (Å²) in [5, 5.41) is 9.42. The van der Waals surface area contributed by atoms with Gasteiger partial charge in [0.1, 0.15) is 17.2 Å². The topological polar surface area (TPSA) is 111 Å². The Balaban J connectivity index is 2.47. The summed E-state index contributed by atoms with van der Waals surface area (Å²) in [6.07, 6.45) is 1.10. The molecule has 132 valence electrons. The first-order chi connectivity index (χ1) is 12.5. The van der Waals surface area contributed by atoms with E-state index in [1.54, 1.807) is 13.0 Å². The molecular formula is C19H15NO6. The Kier molecular flexibility index (Phi) is 4.59. The van der Waals surface area contributed by atoms with Gasteiger partial charge in [-0.1, -0.05) is 13.3 Å². The van der Waals surface area contributed by atoms with Gasteiger partial charge in [-0.15, -0.1) is 0 Å². The Labute approximate surface area is 147 Å². The molecule has 7 heteroatoms. The molecule has 0 saturated heterocycles. The van der Waals surface area contributed by atoms with Gasteiger partial charge in [0.25, 0.3) is 0 Å². The van der Waals surface area contributed by atoms with Crippen LogP contribution in [0.5, 0.6) is 0 Å². The molecule has 26 heavy (non-hydrogen) atoms. The summed E-state index contributed by atoms with van der Waals surface area (Å²) in [6.45, 7) is 3.69. The highest BCUT2D eigenvalue weighted by molar-refractivity contribution is 5.98. The van der Waals surface area contributed by atoms with Crippen LogP contribution in [0, 0.1) is 11.3 Å². The van der Waals surface area contributed by atoms with Crippen LogP contribution in [0.3, 0.4) is 0 Å². The van der Waals surface area contributed by atoms with E-state index in [0.717, 1.165) is 12.1 Å². The molecule has 2 aromatic heterocycles. The zero-order chi connectivity index (χ0) is 18.8. The number of hydrogen-bond acceptors (Lipinski definition) is 7. The second-order valence-corrected chi connectivity index (χ2v) is 5.64. The van der Waals surface area contributed by atoms with Crippen LogP contribution in [-0.4, -0.2) is 12.6 Å².